The Balaban J connectivity index is 1.73. The number of aromatic nitrogens is 1. The average Bonchev–Trinajstić information content (AvgIpc) is 2.92. The summed E-state index contributed by atoms with van der Waals surface area (Å²) in [6.07, 6.45) is 3.41. The zero-order valence-electron chi connectivity index (χ0n) is 20.5. The summed E-state index contributed by atoms with van der Waals surface area (Å²) >= 11 is 1.23. The van der Waals surface area contributed by atoms with E-state index < -0.39 is 0 Å². The molecule has 5 nitrogen and oxygen atoms in total. The van der Waals surface area contributed by atoms with Crippen molar-refractivity contribution in [2.75, 3.05) is 11.4 Å². The van der Waals surface area contributed by atoms with Crippen molar-refractivity contribution in [3.63, 3.8) is 0 Å². The fourth-order valence-corrected chi connectivity index (χ4v) is 5.14. The maximum Gasteiger partial charge on any atom is 0.266 e. The summed E-state index contributed by atoms with van der Waals surface area (Å²) in [5.74, 6) is -0.00377. The van der Waals surface area contributed by atoms with Gasteiger partial charge in [0.2, 0.25) is 0 Å². The van der Waals surface area contributed by atoms with Crippen LogP contribution < -0.4 is 10.5 Å². The Morgan fingerprint density at radius 1 is 0.944 bits per heavy atom. The highest BCUT2D eigenvalue weighted by molar-refractivity contribution is 7.99. The van der Waals surface area contributed by atoms with Crippen LogP contribution in [0.5, 0.6) is 5.75 Å². The van der Waals surface area contributed by atoms with E-state index in [1.165, 1.54) is 11.8 Å². The molecule has 0 spiro atoms. The summed E-state index contributed by atoms with van der Waals surface area (Å²) in [4.78, 5) is 30.7. The molecule has 184 valence electrons. The lowest BCUT2D eigenvalue weighted by atomic mass is 10.0. The van der Waals surface area contributed by atoms with Gasteiger partial charge in [0.25, 0.3) is 5.56 Å². The van der Waals surface area contributed by atoms with E-state index in [9.17, 15) is 14.7 Å². The van der Waals surface area contributed by atoms with Crippen LogP contribution >= 0.6 is 11.8 Å². The van der Waals surface area contributed by atoms with Crippen molar-refractivity contribution in [2.24, 2.45) is 0 Å². The Morgan fingerprint density at radius 3 is 2.31 bits per heavy atom. The van der Waals surface area contributed by atoms with E-state index in [0.717, 1.165) is 46.5 Å². The van der Waals surface area contributed by atoms with E-state index in [4.69, 9.17) is 0 Å². The Bertz CT molecular complexity index is 1380. The van der Waals surface area contributed by atoms with E-state index in [1.54, 1.807) is 6.07 Å². The number of para-hydroxylation sites is 1. The van der Waals surface area contributed by atoms with Crippen LogP contribution in [0.25, 0.3) is 11.1 Å². The van der Waals surface area contributed by atoms with E-state index >= 15 is 0 Å². The summed E-state index contributed by atoms with van der Waals surface area (Å²) < 4.78 is 0. The van der Waals surface area contributed by atoms with Gasteiger partial charge in [-0.25, -0.2) is 0 Å². The number of H-pyrrole nitrogens is 1. The Kier molecular flexibility index (Phi) is 8.28. The van der Waals surface area contributed by atoms with Crippen molar-refractivity contribution in [3.8, 4) is 16.9 Å². The number of carbonyl (C=O) groups excluding carboxylic acids is 1. The number of nitrogens with zero attached hydrogens (tertiary/aromatic N) is 1. The van der Waals surface area contributed by atoms with Crippen LogP contribution in [-0.4, -0.2) is 22.9 Å². The number of unbranched alkanes of at least 4 members (excludes halogenated alkanes) is 1. The number of nitrogens with one attached hydrogen (secondary N) is 1. The van der Waals surface area contributed by atoms with E-state index in [-0.39, 0.29) is 16.2 Å². The van der Waals surface area contributed by atoms with E-state index in [2.05, 4.69) is 11.9 Å². The second-order valence-electron chi connectivity index (χ2n) is 8.47. The zero-order chi connectivity index (χ0) is 25.5. The van der Waals surface area contributed by atoms with Crippen LogP contribution in [0.1, 0.15) is 42.7 Å². The van der Waals surface area contributed by atoms with Gasteiger partial charge in [0.05, 0.1) is 0 Å². The molecule has 1 aromatic heterocycles. The fraction of sp³-hybridized carbons (Fsp3) is 0.200. The quantitative estimate of drug-likeness (QED) is 0.226. The number of carbonyl (C=O) groups is 1. The molecule has 0 saturated heterocycles. The van der Waals surface area contributed by atoms with Crippen molar-refractivity contribution < 1.29 is 9.90 Å². The van der Waals surface area contributed by atoms with Crippen LogP contribution in [0, 0.1) is 0 Å². The fourth-order valence-electron chi connectivity index (χ4n) is 4.29. The summed E-state index contributed by atoms with van der Waals surface area (Å²) in [6.45, 7) is 4.77. The van der Waals surface area contributed by atoms with Crippen molar-refractivity contribution in [3.05, 3.63) is 100 Å². The largest absolute Gasteiger partial charge is 0.504 e. The molecule has 0 aliphatic heterocycles. The normalized spacial score (nSPS) is 10.8. The first-order chi connectivity index (χ1) is 17.6. The van der Waals surface area contributed by atoms with E-state index in [1.807, 2.05) is 84.6 Å². The highest BCUT2D eigenvalue weighted by Gasteiger charge is 2.23. The van der Waals surface area contributed by atoms with Crippen LogP contribution in [0.3, 0.4) is 0 Å². The first-order valence-corrected chi connectivity index (χ1v) is 13.0. The second kappa shape index (κ2) is 11.8. The van der Waals surface area contributed by atoms with Crippen molar-refractivity contribution >= 4 is 29.4 Å². The minimum atomic E-state index is -0.299. The molecule has 36 heavy (non-hydrogen) atoms. The molecule has 0 aliphatic rings. The highest BCUT2D eigenvalue weighted by Crippen LogP contribution is 2.42. The maximum absolute atomic E-state index is 13.1. The van der Waals surface area contributed by atoms with Crippen LogP contribution in [0.15, 0.2) is 93.4 Å². The summed E-state index contributed by atoms with van der Waals surface area (Å²) in [5, 5.41) is 11.5. The third-order valence-corrected chi connectivity index (χ3v) is 7.19. The minimum Gasteiger partial charge on any atom is -0.504 e. The number of pyridine rings is 1. The van der Waals surface area contributed by atoms with Crippen LogP contribution in [0.2, 0.25) is 0 Å². The molecule has 3 aromatic carbocycles. The molecule has 0 aliphatic carbocycles. The Morgan fingerprint density at radius 2 is 1.64 bits per heavy atom. The van der Waals surface area contributed by atoms with Crippen molar-refractivity contribution in [1.29, 1.82) is 0 Å². The average molecular weight is 499 g/mol. The molecule has 0 radical (unpaired) electrons. The first kappa shape index (κ1) is 25.3. The molecule has 0 atom stereocenters. The van der Waals surface area contributed by atoms with Gasteiger partial charge in [-0.05, 0) is 55.2 Å². The molecule has 4 rings (SSSR count). The van der Waals surface area contributed by atoms with Gasteiger partial charge in [-0.2, -0.15) is 0 Å². The third-order valence-electron chi connectivity index (χ3n) is 6.10. The second-order valence-corrected chi connectivity index (χ2v) is 9.56. The van der Waals surface area contributed by atoms with E-state index in [0.29, 0.717) is 24.2 Å². The monoisotopic (exact) mass is 498 g/mol. The SMILES string of the molecule is CCCCc1[nH]c(=O)c(Sc2ccc(-c3ccccc3C=O)cc2)c(O)c1N(CC)c1ccccc1. The highest BCUT2D eigenvalue weighted by atomic mass is 32.2. The number of hydrogen-bond donors (Lipinski definition) is 2. The summed E-state index contributed by atoms with van der Waals surface area (Å²) in [6, 6.07) is 25.0. The molecule has 0 amide bonds. The molecule has 0 fully saturated rings. The Labute approximate surface area is 215 Å². The van der Waals surface area contributed by atoms with Crippen molar-refractivity contribution in [1.82, 2.24) is 4.98 Å². The van der Waals surface area contributed by atoms with Crippen LogP contribution in [0.4, 0.5) is 11.4 Å². The molecular weight excluding hydrogens is 468 g/mol. The number of aldehydes is 1. The van der Waals surface area contributed by atoms with Gasteiger partial charge < -0.3 is 15.0 Å². The number of anilines is 2. The Hall–Kier alpha value is -3.77. The molecule has 4 aromatic rings. The van der Waals surface area contributed by atoms with Gasteiger partial charge in [-0.15, -0.1) is 0 Å². The zero-order valence-corrected chi connectivity index (χ0v) is 21.3. The predicted octanol–water partition coefficient (Wildman–Crippen LogP) is 7.21. The lowest BCUT2D eigenvalue weighted by molar-refractivity contribution is 0.112. The number of hydrogen-bond acceptors (Lipinski definition) is 5. The van der Waals surface area contributed by atoms with Gasteiger partial charge in [-0.3, -0.25) is 9.59 Å². The standard InChI is InChI=1S/C30H30N2O3S/c1-3-5-15-26-27(32(4-2)23-12-7-6-8-13-23)28(34)29(30(35)31-26)36-24-18-16-21(17-19-24)25-14-10-9-11-22(25)20-33/h6-14,16-20H,3-5,15H2,1-2H3,(H2,31,34,35). The smallest absolute Gasteiger partial charge is 0.266 e. The molecule has 1 heterocycles. The van der Waals surface area contributed by atoms with Gasteiger partial charge in [-0.1, -0.05) is 79.7 Å². The first-order valence-electron chi connectivity index (χ1n) is 12.2. The predicted molar refractivity (Wildman–Crippen MR) is 148 cm³/mol. The van der Waals surface area contributed by atoms with Crippen molar-refractivity contribution in [2.45, 2.75) is 42.9 Å². The maximum atomic E-state index is 13.1. The molecular formula is C30H30N2O3S. The molecule has 0 unspecified atom stereocenters. The number of aromatic amines is 1. The molecule has 0 saturated carbocycles. The summed E-state index contributed by atoms with van der Waals surface area (Å²) in [7, 11) is 0. The van der Waals surface area contributed by atoms with Crippen LogP contribution in [-0.2, 0) is 6.42 Å². The number of rotatable bonds is 10. The molecule has 2 N–H and O–H groups in total. The summed E-state index contributed by atoms with van der Waals surface area (Å²) in [5.41, 5.74) is 4.44. The lowest BCUT2D eigenvalue weighted by Gasteiger charge is -2.27. The van der Waals surface area contributed by atoms with Gasteiger partial charge in [0.15, 0.2) is 12.0 Å². The van der Waals surface area contributed by atoms with Gasteiger partial charge in [0, 0.05) is 28.4 Å². The molecule has 6 heteroatoms. The number of aryl methyl sites for hydroxylation is 1. The van der Waals surface area contributed by atoms with Gasteiger partial charge >= 0.3 is 0 Å². The third kappa shape index (κ3) is 5.39. The topological polar surface area (TPSA) is 73.4 Å². The number of benzene rings is 3. The van der Waals surface area contributed by atoms with Gasteiger partial charge in [0.1, 0.15) is 10.6 Å². The lowest BCUT2D eigenvalue weighted by Crippen LogP contribution is -2.22. The molecule has 0 bridgehead atoms. The minimum absolute atomic E-state index is 0.00377. The number of aromatic hydroxyl groups is 1.